The van der Waals surface area contributed by atoms with E-state index in [0.29, 0.717) is 10.6 Å². The number of benzene rings is 1. The topological polar surface area (TPSA) is 129 Å². The van der Waals surface area contributed by atoms with Crippen molar-refractivity contribution in [3.05, 3.63) is 40.8 Å². The molecular weight excluding hydrogens is 404 g/mol. The summed E-state index contributed by atoms with van der Waals surface area (Å²) < 4.78 is 26.7. The van der Waals surface area contributed by atoms with Crippen molar-refractivity contribution in [2.24, 2.45) is 5.92 Å². The third kappa shape index (κ3) is 5.13. The van der Waals surface area contributed by atoms with Gasteiger partial charge in [0, 0.05) is 12.7 Å². The van der Waals surface area contributed by atoms with Crippen molar-refractivity contribution in [3.63, 3.8) is 0 Å². The summed E-state index contributed by atoms with van der Waals surface area (Å²) in [6, 6.07) is 4.56. The summed E-state index contributed by atoms with van der Waals surface area (Å²) in [7, 11) is -2.70. The molecule has 0 saturated carbocycles. The maximum Gasteiger partial charge on any atom is 0.267 e. The van der Waals surface area contributed by atoms with Gasteiger partial charge in [-0.05, 0) is 36.6 Å². The van der Waals surface area contributed by atoms with E-state index < -0.39 is 22.0 Å². The maximum atomic E-state index is 12.9. The number of nitrogens with zero attached hydrogens (tertiary/aromatic N) is 2. The molecule has 11 heteroatoms. The summed E-state index contributed by atoms with van der Waals surface area (Å²) in [5.74, 6) is -1.11. The van der Waals surface area contributed by atoms with Crippen molar-refractivity contribution in [3.8, 4) is 0 Å². The van der Waals surface area contributed by atoms with E-state index in [1.54, 1.807) is 0 Å². The average molecular weight is 427 g/mol. The summed E-state index contributed by atoms with van der Waals surface area (Å²) in [4.78, 5) is 28.2. The highest BCUT2D eigenvalue weighted by Gasteiger charge is 2.33. The molecule has 1 unspecified atom stereocenters. The van der Waals surface area contributed by atoms with E-state index in [2.05, 4.69) is 10.3 Å². The molecule has 3 N–H and O–H groups in total. The third-order valence-corrected chi connectivity index (χ3v) is 6.64. The molecule has 1 aromatic carbocycles. The quantitative estimate of drug-likeness (QED) is 0.437. The molecule has 0 aliphatic carbocycles. The summed E-state index contributed by atoms with van der Waals surface area (Å²) in [5, 5.41) is 11.6. The first-order valence-corrected chi connectivity index (χ1v) is 10.7. The fourth-order valence-corrected chi connectivity index (χ4v) is 4.35. The molecule has 1 atom stereocenters. The lowest BCUT2D eigenvalue weighted by Crippen LogP contribution is -2.47. The second-order valence-electron chi connectivity index (χ2n) is 6.49. The Bertz CT molecular complexity index is 912. The van der Waals surface area contributed by atoms with Crippen LogP contribution in [-0.4, -0.2) is 47.8 Å². The molecule has 1 aromatic heterocycles. The average Bonchev–Trinajstić information content (AvgIpc) is 3.20. The SMILES string of the molecule is CC(C)CC(C(=O)NO)N(C)S(=O)(=O)c1ccc(NC(=O)c2cncs2)cc1. The Balaban J connectivity index is 2.20. The van der Waals surface area contributed by atoms with Crippen molar-refractivity contribution in [2.75, 3.05) is 12.4 Å². The fraction of sp³-hybridized carbons (Fsp3) is 0.353. The van der Waals surface area contributed by atoms with Crippen molar-refractivity contribution in [1.82, 2.24) is 14.8 Å². The normalized spacial score (nSPS) is 12.8. The third-order valence-electron chi connectivity index (χ3n) is 3.99. The Kier molecular flexibility index (Phi) is 7.24. The molecule has 0 fully saturated rings. The molecule has 2 amide bonds. The van der Waals surface area contributed by atoms with Crippen LogP contribution in [0.1, 0.15) is 29.9 Å². The highest BCUT2D eigenvalue weighted by Crippen LogP contribution is 2.22. The monoisotopic (exact) mass is 426 g/mol. The number of rotatable bonds is 8. The van der Waals surface area contributed by atoms with Crippen LogP contribution in [0.2, 0.25) is 0 Å². The van der Waals surface area contributed by atoms with Gasteiger partial charge in [0.1, 0.15) is 10.9 Å². The van der Waals surface area contributed by atoms with Crippen LogP contribution in [0.5, 0.6) is 0 Å². The van der Waals surface area contributed by atoms with Crippen molar-refractivity contribution in [2.45, 2.75) is 31.2 Å². The van der Waals surface area contributed by atoms with E-state index in [1.807, 2.05) is 13.8 Å². The number of nitrogens with one attached hydrogen (secondary N) is 2. The van der Waals surface area contributed by atoms with Crippen LogP contribution in [0, 0.1) is 5.92 Å². The van der Waals surface area contributed by atoms with E-state index in [1.165, 1.54) is 59.8 Å². The number of carbonyl (C=O) groups is 2. The van der Waals surface area contributed by atoms with Gasteiger partial charge in [-0.1, -0.05) is 13.8 Å². The van der Waals surface area contributed by atoms with Gasteiger partial charge in [-0.25, -0.2) is 13.9 Å². The van der Waals surface area contributed by atoms with Crippen LogP contribution >= 0.6 is 11.3 Å². The fourth-order valence-electron chi connectivity index (χ4n) is 2.51. The predicted molar refractivity (Wildman–Crippen MR) is 105 cm³/mol. The Labute approximate surface area is 167 Å². The second-order valence-corrected chi connectivity index (χ2v) is 9.37. The molecule has 0 radical (unpaired) electrons. The van der Waals surface area contributed by atoms with Crippen LogP contribution in [0.4, 0.5) is 5.69 Å². The molecule has 0 bridgehead atoms. The number of sulfonamides is 1. The summed E-state index contributed by atoms with van der Waals surface area (Å²) in [6.45, 7) is 3.69. The van der Waals surface area contributed by atoms with Gasteiger partial charge in [0.05, 0.1) is 16.6 Å². The zero-order chi connectivity index (χ0) is 20.9. The highest BCUT2D eigenvalue weighted by atomic mass is 32.2. The number of amides is 2. The zero-order valence-electron chi connectivity index (χ0n) is 15.6. The van der Waals surface area contributed by atoms with Crippen LogP contribution in [0.3, 0.4) is 0 Å². The van der Waals surface area contributed by atoms with E-state index in [4.69, 9.17) is 5.21 Å². The Hall–Kier alpha value is -2.34. The molecule has 0 spiro atoms. The minimum Gasteiger partial charge on any atom is -0.321 e. The summed E-state index contributed by atoms with van der Waals surface area (Å²) in [6.07, 6.45) is 1.68. The number of thiazole rings is 1. The van der Waals surface area contributed by atoms with Gasteiger partial charge >= 0.3 is 0 Å². The van der Waals surface area contributed by atoms with Crippen molar-refractivity contribution >= 4 is 38.9 Å². The van der Waals surface area contributed by atoms with E-state index >= 15 is 0 Å². The molecule has 9 nitrogen and oxygen atoms in total. The maximum absolute atomic E-state index is 12.9. The number of hydroxylamine groups is 1. The Morgan fingerprint density at radius 3 is 2.39 bits per heavy atom. The molecule has 28 heavy (non-hydrogen) atoms. The number of carbonyl (C=O) groups excluding carboxylic acids is 2. The summed E-state index contributed by atoms with van der Waals surface area (Å²) in [5.41, 5.74) is 3.48. The minimum atomic E-state index is -3.99. The molecule has 2 rings (SSSR count). The van der Waals surface area contributed by atoms with Gasteiger partial charge in [-0.2, -0.15) is 4.31 Å². The molecule has 0 aliphatic heterocycles. The molecule has 2 aromatic rings. The van der Waals surface area contributed by atoms with Crippen LogP contribution in [0.25, 0.3) is 0 Å². The van der Waals surface area contributed by atoms with Gasteiger partial charge in [0.15, 0.2) is 0 Å². The molecule has 0 aliphatic rings. The van der Waals surface area contributed by atoms with Crippen LogP contribution in [0.15, 0.2) is 40.9 Å². The first kappa shape index (κ1) is 22.0. The molecule has 1 heterocycles. The van der Waals surface area contributed by atoms with Crippen LogP contribution < -0.4 is 10.8 Å². The number of anilines is 1. The number of hydrogen-bond acceptors (Lipinski definition) is 7. The lowest BCUT2D eigenvalue weighted by Gasteiger charge is -2.27. The van der Waals surface area contributed by atoms with Gasteiger partial charge in [0.2, 0.25) is 10.0 Å². The zero-order valence-corrected chi connectivity index (χ0v) is 17.3. The van der Waals surface area contributed by atoms with Crippen LogP contribution in [-0.2, 0) is 14.8 Å². The van der Waals surface area contributed by atoms with E-state index in [9.17, 15) is 18.0 Å². The smallest absolute Gasteiger partial charge is 0.267 e. The lowest BCUT2D eigenvalue weighted by atomic mass is 10.0. The largest absolute Gasteiger partial charge is 0.321 e. The number of hydrogen-bond donors (Lipinski definition) is 3. The Morgan fingerprint density at radius 2 is 1.89 bits per heavy atom. The second kappa shape index (κ2) is 9.24. The predicted octanol–water partition coefficient (Wildman–Crippen LogP) is 1.94. The highest BCUT2D eigenvalue weighted by molar-refractivity contribution is 7.89. The molecule has 0 saturated heterocycles. The standard InChI is InChI=1S/C17H22N4O5S2/c1-11(2)8-14(16(22)20-24)21(3)28(25,26)13-6-4-12(5-7-13)19-17(23)15-9-18-10-27-15/h4-7,9-11,14,24H,8H2,1-3H3,(H,19,23)(H,20,22). The Morgan fingerprint density at radius 1 is 1.25 bits per heavy atom. The van der Waals surface area contributed by atoms with Crippen molar-refractivity contribution in [1.29, 1.82) is 0 Å². The van der Waals surface area contributed by atoms with Gasteiger partial charge in [0.25, 0.3) is 11.8 Å². The van der Waals surface area contributed by atoms with Gasteiger partial charge in [-0.3, -0.25) is 19.8 Å². The first-order valence-electron chi connectivity index (χ1n) is 8.38. The number of aromatic nitrogens is 1. The minimum absolute atomic E-state index is 0.0317. The van der Waals surface area contributed by atoms with E-state index in [0.717, 1.165) is 4.31 Å². The number of likely N-dealkylation sites (N-methyl/N-ethyl adjacent to an activating group) is 1. The molecular formula is C17H22N4O5S2. The summed E-state index contributed by atoms with van der Waals surface area (Å²) >= 11 is 1.19. The van der Waals surface area contributed by atoms with E-state index in [-0.39, 0.29) is 23.1 Å². The lowest BCUT2D eigenvalue weighted by molar-refractivity contribution is -0.133. The van der Waals surface area contributed by atoms with Gasteiger partial charge in [-0.15, -0.1) is 11.3 Å². The van der Waals surface area contributed by atoms with Crippen molar-refractivity contribution < 1.29 is 23.2 Å². The van der Waals surface area contributed by atoms with Gasteiger partial charge < -0.3 is 5.32 Å². The first-order chi connectivity index (χ1) is 13.2. The molecule has 152 valence electrons.